The first kappa shape index (κ1) is 15.5. The minimum atomic E-state index is -0.251. The van der Waals surface area contributed by atoms with Crippen molar-refractivity contribution in [3.8, 4) is 17.5 Å². The lowest BCUT2D eigenvalue weighted by Gasteiger charge is -2.06. The summed E-state index contributed by atoms with van der Waals surface area (Å²) in [6.45, 7) is 0. The molecule has 124 valence electrons. The molecule has 4 rings (SSSR count). The van der Waals surface area contributed by atoms with Gasteiger partial charge in [-0.1, -0.05) is 18.2 Å². The van der Waals surface area contributed by atoms with E-state index in [-0.39, 0.29) is 5.91 Å². The highest BCUT2D eigenvalue weighted by molar-refractivity contribution is 6.04. The molecule has 0 aliphatic heterocycles. The van der Waals surface area contributed by atoms with E-state index in [0.717, 1.165) is 5.56 Å². The summed E-state index contributed by atoms with van der Waals surface area (Å²) in [5.41, 5.74) is 2.40. The van der Waals surface area contributed by atoms with Gasteiger partial charge in [0.05, 0.1) is 11.6 Å². The fraction of sp³-hybridized carbons (Fsp3) is 0. The molecule has 0 saturated carbocycles. The van der Waals surface area contributed by atoms with E-state index in [1.807, 2.05) is 24.4 Å². The van der Waals surface area contributed by atoms with Crippen LogP contribution in [0.5, 0.6) is 0 Å². The number of nitrogens with one attached hydrogen (secondary N) is 1. The molecule has 0 atom stereocenters. The molecule has 7 heteroatoms. The Bertz CT molecular complexity index is 1140. The Kier molecular flexibility index (Phi) is 3.84. The van der Waals surface area contributed by atoms with Crippen LogP contribution < -0.4 is 5.32 Å². The zero-order valence-corrected chi connectivity index (χ0v) is 13.5. The molecule has 7 nitrogen and oxygen atoms in total. The first-order chi connectivity index (χ1) is 12.7. The molecule has 1 N–H and O–H groups in total. The van der Waals surface area contributed by atoms with Crippen molar-refractivity contribution in [2.24, 2.45) is 0 Å². The van der Waals surface area contributed by atoms with Crippen LogP contribution in [0.15, 0.2) is 67.0 Å². The third kappa shape index (κ3) is 2.87. The number of aromatic nitrogens is 4. The first-order valence-corrected chi connectivity index (χ1v) is 7.82. The van der Waals surface area contributed by atoms with Gasteiger partial charge in [0.15, 0.2) is 5.82 Å². The second kappa shape index (κ2) is 6.45. The van der Waals surface area contributed by atoms with Crippen LogP contribution in [0.25, 0.3) is 17.2 Å². The molecule has 4 aromatic rings. The maximum atomic E-state index is 12.4. The van der Waals surface area contributed by atoms with E-state index in [1.54, 1.807) is 53.1 Å². The van der Waals surface area contributed by atoms with Crippen molar-refractivity contribution in [1.82, 2.24) is 19.6 Å². The quantitative estimate of drug-likeness (QED) is 0.618. The number of anilines is 1. The van der Waals surface area contributed by atoms with Crippen LogP contribution in [0.2, 0.25) is 0 Å². The highest BCUT2D eigenvalue weighted by Crippen LogP contribution is 2.19. The number of hydrogen-bond donors (Lipinski definition) is 1. The minimum Gasteiger partial charge on any atom is -0.322 e. The molecule has 2 heterocycles. The fourth-order valence-corrected chi connectivity index (χ4v) is 2.58. The van der Waals surface area contributed by atoms with E-state index in [9.17, 15) is 4.79 Å². The molecule has 0 radical (unpaired) electrons. The zero-order valence-electron chi connectivity index (χ0n) is 13.5. The smallest absolute Gasteiger partial charge is 0.255 e. The number of rotatable bonds is 3. The summed E-state index contributed by atoms with van der Waals surface area (Å²) in [6, 6.07) is 17.7. The van der Waals surface area contributed by atoms with Gasteiger partial charge in [-0.15, -0.1) is 10.2 Å². The van der Waals surface area contributed by atoms with Crippen LogP contribution in [0.3, 0.4) is 0 Å². The average Bonchev–Trinajstić information content (AvgIpc) is 3.12. The van der Waals surface area contributed by atoms with Gasteiger partial charge in [0, 0.05) is 29.2 Å². The standard InChI is InChI=1S/C19H12N6O/c20-12-13-3-1-4-16(11-13)22-18(26)15-7-5-14(6-8-15)17-23-24-19-21-9-2-10-25(17)19/h1-11H,(H,22,26). The van der Waals surface area contributed by atoms with Gasteiger partial charge in [-0.2, -0.15) is 5.26 Å². The number of nitrogens with zero attached hydrogens (tertiary/aromatic N) is 5. The predicted octanol–water partition coefficient (Wildman–Crippen LogP) is 2.92. The summed E-state index contributed by atoms with van der Waals surface area (Å²) in [5.74, 6) is 0.919. The molecular formula is C19H12N6O. The van der Waals surface area contributed by atoms with E-state index < -0.39 is 0 Å². The second-order valence-electron chi connectivity index (χ2n) is 5.54. The largest absolute Gasteiger partial charge is 0.322 e. The lowest BCUT2D eigenvalue weighted by atomic mass is 10.1. The van der Waals surface area contributed by atoms with Crippen molar-refractivity contribution in [1.29, 1.82) is 5.26 Å². The number of carbonyl (C=O) groups excluding carboxylic acids is 1. The van der Waals surface area contributed by atoms with Crippen LogP contribution in [-0.4, -0.2) is 25.5 Å². The van der Waals surface area contributed by atoms with Gasteiger partial charge < -0.3 is 5.32 Å². The maximum Gasteiger partial charge on any atom is 0.255 e. The Morgan fingerprint density at radius 1 is 1.08 bits per heavy atom. The number of nitriles is 1. The van der Waals surface area contributed by atoms with Crippen molar-refractivity contribution in [2.45, 2.75) is 0 Å². The Labute approximate surface area is 148 Å². The van der Waals surface area contributed by atoms with E-state index in [4.69, 9.17) is 5.26 Å². The molecular weight excluding hydrogens is 328 g/mol. The molecule has 1 amide bonds. The van der Waals surface area contributed by atoms with E-state index in [2.05, 4.69) is 20.5 Å². The highest BCUT2D eigenvalue weighted by Gasteiger charge is 2.10. The Morgan fingerprint density at radius 3 is 2.73 bits per heavy atom. The van der Waals surface area contributed by atoms with Gasteiger partial charge in [0.25, 0.3) is 11.7 Å². The molecule has 0 aliphatic carbocycles. The number of hydrogen-bond acceptors (Lipinski definition) is 5. The topological polar surface area (TPSA) is 96.0 Å². The van der Waals surface area contributed by atoms with E-state index in [0.29, 0.717) is 28.4 Å². The summed E-state index contributed by atoms with van der Waals surface area (Å²) in [7, 11) is 0. The molecule has 0 bridgehead atoms. The lowest BCUT2D eigenvalue weighted by molar-refractivity contribution is 0.102. The average molecular weight is 340 g/mol. The van der Waals surface area contributed by atoms with Crippen molar-refractivity contribution in [3.63, 3.8) is 0 Å². The Hall–Kier alpha value is -4.05. The van der Waals surface area contributed by atoms with Crippen LogP contribution >= 0.6 is 0 Å². The van der Waals surface area contributed by atoms with Crippen LogP contribution in [-0.2, 0) is 0 Å². The second-order valence-corrected chi connectivity index (χ2v) is 5.54. The molecule has 2 aromatic heterocycles. The minimum absolute atomic E-state index is 0.251. The van der Waals surface area contributed by atoms with Crippen molar-refractivity contribution < 1.29 is 4.79 Å². The summed E-state index contributed by atoms with van der Waals surface area (Å²) < 4.78 is 1.78. The number of carbonyl (C=O) groups is 1. The Morgan fingerprint density at radius 2 is 1.92 bits per heavy atom. The monoisotopic (exact) mass is 340 g/mol. The molecule has 0 aliphatic rings. The summed E-state index contributed by atoms with van der Waals surface area (Å²) in [6.07, 6.45) is 3.49. The van der Waals surface area contributed by atoms with Gasteiger partial charge in [0.2, 0.25) is 0 Å². The molecule has 26 heavy (non-hydrogen) atoms. The fourth-order valence-electron chi connectivity index (χ4n) is 2.58. The molecule has 0 fully saturated rings. The van der Waals surface area contributed by atoms with E-state index >= 15 is 0 Å². The normalized spacial score (nSPS) is 10.4. The van der Waals surface area contributed by atoms with Gasteiger partial charge in [-0.3, -0.25) is 9.20 Å². The van der Waals surface area contributed by atoms with Crippen LogP contribution in [0.4, 0.5) is 5.69 Å². The first-order valence-electron chi connectivity index (χ1n) is 7.82. The number of benzene rings is 2. The van der Waals surface area contributed by atoms with Gasteiger partial charge in [-0.25, -0.2) is 4.98 Å². The lowest BCUT2D eigenvalue weighted by Crippen LogP contribution is -2.11. The summed E-state index contributed by atoms with van der Waals surface area (Å²) >= 11 is 0. The SMILES string of the molecule is N#Cc1cccc(NC(=O)c2ccc(-c3nnc4ncccn34)cc2)c1. The Balaban J connectivity index is 1.57. The third-order valence-electron chi connectivity index (χ3n) is 3.84. The van der Waals surface area contributed by atoms with Gasteiger partial charge >= 0.3 is 0 Å². The van der Waals surface area contributed by atoms with Crippen LogP contribution in [0.1, 0.15) is 15.9 Å². The van der Waals surface area contributed by atoms with Crippen LogP contribution in [0, 0.1) is 11.3 Å². The maximum absolute atomic E-state index is 12.4. The molecule has 0 unspecified atom stereocenters. The molecule has 2 aromatic carbocycles. The van der Waals surface area contributed by atoms with Crippen molar-refractivity contribution in [3.05, 3.63) is 78.1 Å². The highest BCUT2D eigenvalue weighted by atomic mass is 16.1. The van der Waals surface area contributed by atoms with Crippen molar-refractivity contribution >= 4 is 17.4 Å². The zero-order chi connectivity index (χ0) is 17.9. The summed E-state index contributed by atoms with van der Waals surface area (Å²) in [4.78, 5) is 16.5. The third-order valence-corrected chi connectivity index (χ3v) is 3.84. The van der Waals surface area contributed by atoms with Gasteiger partial charge in [0.1, 0.15) is 0 Å². The molecule has 0 saturated heterocycles. The van der Waals surface area contributed by atoms with E-state index in [1.165, 1.54) is 0 Å². The predicted molar refractivity (Wildman–Crippen MR) is 95.3 cm³/mol. The number of fused-ring (bicyclic) bond motifs is 1. The summed E-state index contributed by atoms with van der Waals surface area (Å²) in [5, 5.41) is 19.9. The molecule has 0 spiro atoms. The van der Waals surface area contributed by atoms with Crippen molar-refractivity contribution in [2.75, 3.05) is 5.32 Å². The number of amides is 1. The van der Waals surface area contributed by atoms with Gasteiger partial charge in [-0.05, 0) is 36.4 Å².